The van der Waals surface area contributed by atoms with Crippen molar-refractivity contribution in [3.8, 4) is 0 Å². The molecule has 5 heteroatoms. The van der Waals surface area contributed by atoms with Crippen molar-refractivity contribution in [2.45, 2.75) is 17.5 Å². The molecule has 0 aliphatic carbocycles. The molecule has 0 radical (unpaired) electrons. The van der Waals surface area contributed by atoms with Gasteiger partial charge in [0.25, 0.3) is 0 Å². The van der Waals surface area contributed by atoms with E-state index < -0.39 is 0 Å². The lowest BCUT2D eigenvalue weighted by Gasteiger charge is -2.25. The summed E-state index contributed by atoms with van der Waals surface area (Å²) in [5.41, 5.74) is 0.862. The zero-order valence-corrected chi connectivity index (χ0v) is 12.3. The Bertz CT molecular complexity index is 467. The minimum atomic E-state index is -0.252. The molecule has 0 aromatic heterocycles. The number of benzene rings is 1. The van der Waals surface area contributed by atoms with Crippen LogP contribution in [-0.4, -0.2) is 48.1 Å². The first-order valence-corrected chi connectivity index (χ1v) is 7.29. The topological polar surface area (TPSA) is 23.6 Å². The number of amides is 1. The molecule has 1 fully saturated rings. The van der Waals surface area contributed by atoms with Crippen LogP contribution in [0.2, 0.25) is 0 Å². The first-order chi connectivity index (χ1) is 8.99. The van der Waals surface area contributed by atoms with Gasteiger partial charge >= 0.3 is 0 Å². The summed E-state index contributed by atoms with van der Waals surface area (Å²) in [5.74, 6) is -0.112. The zero-order chi connectivity index (χ0) is 14.0. The van der Waals surface area contributed by atoms with E-state index in [1.165, 1.54) is 12.1 Å². The Balaban J connectivity index is 2.19. The molecule has 1 amide bonds. The summed E-state index contributed by atoms with van der Waals surface area (Å²) >= 11 is 1.59. The van der Waals surface area contributed by atoms with Crippen molar-refractivity contribution >= 4 is 17.7 Å². The number of hydrogen-bond acceptors (Lipinski definition) is 3. The Morgan fingerprint density at radius 2 is 2.16 bits per heavy atom. The summed E-state index contributed by atoms with van der Waals surface area (Å²) < 4.78 is 13.3. The number of thioether (sulfide) groups is 1. The largest absolute Gasteiger partial charge is 0.324 e. The van der Waals surface area contributed by atoms with Gasteiger partial charge in [0.2, 0.25) is 5.91 Å². The van der Waals surface area contributed by atoms with E-state index in [1.54, 1.807) is 17.8 Å². The highest BCUT2D eigenvalue weighted by molar-refractivity contribution is 8.01. The molecule has 0 N–H and O–H groups in total. The van der Waals surface area contributed by atoms with Gasteiger partial charge in [-0.2, -0.15) is 0 Å². The lowest BCUT2D eigenvalue weighted by molar-refractivity contribution is -0.129. The average Bonchev–Trinajstić information content (AvgIpc) is 2.63. The monoisotopic (exact) mass is 282 g/mol. The van der Waals surface area contributed by atoms with Gasteiger partial charge in [-0.1, -0.05) is 12.1 Å². The van der Waals surface area contributed by atoms with E-state index in [2.05, 4.69) is 0 Å². The predicted molar refractivity (Wildman–Crippen MR) is 76.5 cm³/mol. The van der Waals surface area contributed by atoms with E-state index in [-0.39, 0.29) is 22.3 Å². The second-order valence-corrected chi connectivity index (χ2v) is 6.45. The maximum absolute atomic E-state index is 13.3. The fraction of sp³-hybridized carbons (Fsp3) is 0.500. The van der Waals surface area contributed by atoms with E-state index in [9.17, 15) is 9.18 Å². The lowest BCUT2D eigenvalue weighted by atomic mass is 10.2. The molecular formula is C14H19FN2OS. The highest BCUT2D eigenvalue weighted by atomic mass is 32.2. The van der Waals surface area contributed by atoms with E-state index in [1.807, 2.05) is 36.9 Å². The molecule has 2 rings (SSSR count). The summed E-state index contributed by atoms with van der Waals surface area (Å²) in [6, 6.07) is 6.53. The normalized spacial score (nSPS) is 23.4. The van der Waals surface area contributed by atoms with Crippen LogP contribution in [0.15, 0.2) is 24.3 Å². The summed E-state index contributed by atoms with van der Waals surface area (Å²) in [6.07, 6.45) is 0. The number of rotatable bonds is 4. The highest BCUT2D eigenvalue weighted by Crippen LogP contribution is 2.42. The fourth-order valence-corrected chi connectivity index (χ4v) is 3.43. The summed E-state index contributed by atoms with van der Waals surface area (Å²) in [4.78, 5) is 16.1. The van der Waals surface area contributed by atoms with Crippen molar-refractivity contribution in [2.75, 3.05) is 27.2 Å². The Kier molecular flexibility index (Phi) is 4.47. The minimum Gasteiger partial charge on any atom is -0.324 e. The molecule has 1 aromatic carbocycles. The zero-order valence-electron chi connectivity index (χ0n) is 11.5. The quantitative estimate of drug-likeness (QED) is 0.847. The highest BCUT2D eigenvalue weighted by Gasteiger charge is 2.38. The van der Waals surface area contributed by atoms with Gasteiger partial charge in [0.05, 0.1) is 5.25 Å². The first kappa shape index (κ1) is 14.3. The molecule has 1 aromatic rings. The van der Waals surface area contributed by atoms with Crippen molar-refractivity contribution in [3.05, 3.63) is 35.6 Å². The SMILES string of the molecule is CC1SC(c2cccc(F)c2)N(CCN(C)C)C1=O. The third-order valence-electron chi connectivity index (χ3n) is 3.17. The molecule has 1 saturated heterocycles. The van der Waals surface area contributed by atoms with Crippen LogP contribution >= 0.6 is 11.8 Å². The number of hydrogen-bond donors (Lipinski definition) is 0. The molecule has 0 saturated carbocycles. The summed E-state index contributed by atoms with van der Waals surface area (Å²) in [6.45, 7) is 3.39. The second-order valence-electron chi connectivity index (χ2n) is 5.02. The summed E-state index contributed by atoms with van der Waals surface area (Å²) in [5, 5.41) is -0.131. The molecule has 19 heavy (non-hydrogen) atoms. The van der Waals surface area contributed by atoms with Crippen LogP contribution in [0.5, 0.6) is 0 Å². The Morgan fingerprint density at radius 1 is 1.42 bits per heavy atom. The van der Waals surface area contributed by atoms with Crippen LogP contribution < -0.4 is 0 Å². The van der Waals surface area contributed by atoms with Crippen LogP contribution in [-0.2, 0) is 4.79 Å². The van der Waals surface area contributed by atoms with Crippen molar-refractivity contribution in [2.24, 2.45) is 0 Å². The molecule has 2 unspecified atom stereocenters. The van der Waals surface area contributed by atoms with Crippen LogP contribution in [0.1, 0.15) is 17.9 Å². The van der Waals surface area contributed by atoms with Crippen LogP contribution in [0, 0.1) is 5.82 Å². The van der Waals surface area contributed by atoms with Gasteiger partial charge in [0.1, 0.15) is 11.2 Å². The molecule has 2 atom stereocenters. The van der Waals surface area contributed by atoms with E-state index >= 15 is 0 Å². The van der Waals surface area contributed by atoms with E-state index in [4.69, 9.17) is 0 Å². The Morgan fingerprint density at radius 3 is 2.79 bits per heavy atom. The van der Waals surface area contributed by atoms with Gasteiger partial charge in [-0.3, -0.25) is 4.79 Å². The minimum absolute atomic E-state index is 0.0598. The van der Waals surface area contributed by atoms with Crippen molar-refractivity contribution in [1.82, 2.24) is 9.80 Å². The van der Waals surface area contributed by atoms with Gasteiger partial charge in [0.15, 0.2) is 0 Å². The molecule has 0 spiro atoms. The van der Waals surface area contributed by atoms with E-state index in [0.717, 1.165) is 12.1 Å². The maximum atomic E-state index is 13.3. The predicted octanol–water partition coefficient (Wildman–Crippen LogP) is 2.35. The number of nitrogens with zero attached hydrogens (tertiary/aromatic N) is 2. The lowest BCUT2D eigenvalue weighted by Crippen LogP contribution is -2.36. The number of carbonyl (C=O) groups is 1. The Hall–Kier alpha value is -1.07. The second kappa shape index (κ2) is 5.92. The van der Waals surface area contributed by atoms with Gasteiger partial charge in [-0.05, 0) is 38.7 Å². The van der Waals surface area contributed by atoms with Crippen molar-refractivity contribution in [1.29, 1.82) is 0 Å². The summed E-state index contributed by atoms with van der Waals surface area (Å²) in [7, 11) is 3.96. The number of halogens is 1. The van der Waals surface area contributed by atoms with Gasteiger partial charge < -0.3 is 9.80 Å². The first-order valence-electron chi connectivity index (χ1n) is 6.35. The third-order valence-corrected chi connectivity index (χ3v) is 4.56. The molecule has 1 heterocycles. The maximum Gasteiger partial charge on any atom is 0.236 e. The molecule has 104 valence electrons. The number of carbonyl (C=O) groups excluding carboxylic acids is 1. The molecule has 3 nitrogen and oxygen atoms in total. The van der Waals surface area contributed by atoms with Gasteiger partial charge in [-0.25, -0.2) is 4.39 Å². The Labute approximate surface area is 117 Å². The van der Waals surface area contributed by atoms with E-state index in [0.29, 0.717) is 6.54 Å². The van der Waals surface area contributed by atoms with Crippen LogP contribution in [0.25, 0.3) is 0 Å². The molecule has 1 aliphatic rings. The van der Waals surface area contributed by atoms with Gasteiger partial charge in [0, 0.05) is 13.1 Å². The number of likely N-dealkylation sites (N-methyl/N-ethyl adjacent to an activating group) is 1. The van der Waals surface area contributed by atoms with Crippen LogP contribution in [0.3, 0.4) is 0 Å². The third kappa shape index (κ3) is 3.28. The van der Waals surface area contributed by atoms with Crippen molar-refractivity contribution in [3.63, 3.8) is 0 Å². The van der Waals surface area contributed by atoms with Crippen molar-refractivity contribution < 1.29 is 9.18 Å². The van der Waals surface area contributed by atoms with Gasteiger partial charge in [-0.15, -0.1) is 11.8 Å². The average molecular weight is 282 g/mol. The molecular weight excluding hydrogens is 263 g/mol. The molecule has 1 aliphatic heterocycles. The smallest absolute Gasteiger partial charge is 0.236 e. The molecule has 0 bridgehead atoms. The standard InChI is InChI=1S/C14H19FN2OS/c1-10-13(18)17(8-7-16(2)3)14(19-10)11-5-4-6-12(15)9-11/h4-6,9-10,14H,7-8H2,1-3H3. The fourth-order valence-electron chi connectivity index (χ4n) is 2.13. The van der Waals surface area contributed by atoms with Crippen LogP contribution in [0.4, 0.5) is 4.39 Å².